The third kappa shape index (κ3) is 2.11. The second kappa shape index (κ2) is 4.29. The molecule has 0 bridgehead atoms. The van der Waals surface area contributed by atoms with E-state index in [1.165, 1.54) is 0 Å². The molecule has 1 atom stereocenters. The van der Waals surface area contributed by atoms with Gasteiger partial charge < -0.3 is 5.73 Å². The number of rotatable bonds is 3. The first-order valence-corrected chi connectivity index (χ1v) is 6.09. The zero-order valence-electron chi connectivity index (χ0n) is 9.56. The largest absolute Gasteiger partial charge is 0.368 e. The number of aromatic amines is 1. The predicted octanol–water partition coefficient (Wildman–Crippen LogP) is 2.07. The molecule has 0 saturated carbocycles. The predicted molar refractivity (Wildman–Crippen MR) is 66.3 cm³/mol. The molecule has 2 aromatic heterocycles. The highest BCUT2D eigenvalue weighted by Crippen LogP contribution is 2.31. The van der Waals surface area contributed by atoms with E-state index in [4.69, 9.17) is 5.73 Å². The van der Waals surface area contributed by atoms with Crippen LogP contribution in [-0.2, 0) is 0 Å². The lowest BCUT2D eigenvalue weighted by Gasteiger charge is -2.14. The molecule has 0 radical (unpaired) electrons. The van der Waals surface area contributed by atoms with E-state index in [1.807, 2.05) is 0 Å². The van der Waals surface area contributed by atoms with E-state index in [9.17, 15) is 0 Å². The molecule has 2 aromatic rings. The van der Waals surface area contributed by atoms with Crippen LogP contribution >= 0.6 is 11.8 Å². The highest BCUT2D eigenvalue weighted by Gasteiger charge is 2.14. The fourth-order valence-corrected chi connectivity index (χ4v) is 2.27. The molecule has 0 spiro atoms. The van der Waals surface area contributed by atoms with Crippen LogP contribution < -0.4 is 5.73 Å². The number of H-pyrrole nitrogens is 1. The molecule has 0 aliphatic rings. The van der Waals surface area contributed by atoms with Crippen LogP contribution in [0, 0.1) is 5.92 Å². The van der Waals surface area contributed by atoms with Crippen molar-refractivity contribution >= 4 is 28.7 Å². The fourth-order valence-electron chi connectivity index (χ4n) is 1.23. The van der Waals surface area contributed by atoms with Gasteiger partial charge in [0.05, 0.1) is 11.6 Å². The van der Waals surface area contributed by atoms with Gasteiger partial charge in [-0.15, -0.1) is 11.8 Å². The normalized spacial score (nSPS) is 13.5. The number of nitrogens with one attached hydrogen (secondary N) is 1. The van der Waals surface area contributed by atoms with Gasteiger partial charge in [0.2, 0.25) is 5.95 Å². The van der Waals surface area contributed by atoms with Gasteiger partial charge in [-0.25, -0.2) is 4.98 Å². The molecule has 3 N–H and O–H groups in total. The molecule has 2 heterocycles. The van der Waals surface area contributed by atoms with Crippen molar-refractivity contribution in [1.82, 2.24) is 20.2 Å². The number of nitrogen functional groups attached to an aromatic ring is 1. The second-order valence-electron chi connectivity index (χ2n) is 4.09. The third-order valence-electron chi connectivity index (χ3n) is 2.53. The van der Waals surface area contributed by atoms with Crippen LogP contribution in [0.5, 0.6) is 0 Å². The summed E-state index contributed by atoms with van der Waals surface area (Å²) >= 11 is 1.71. The van der Waals surface area contributed by atoms with Crippen molar-refractivity contribution < 1.29 is 0 Å². The van der Waals surface area contributed by atoms with E-state index < -0.39 is 0 Å². The highest BCUT2D eigenvalue weighted by atomic mass is 32.2. The average Bonchev–Trinajstić information content (AvgIpc) is 2.65. The lowest BCUT2D eigenvalue weighted by atomic mass is 10.2. The molecule has 0 amide bonds. The van der Waals surface area contributed by atoms with E-state index in [0.717, 1.165) is 10.4 Å². The van der Waals surface area contributed by atoms with Gasteiger partial charge in [-0.05, 0) is 5.92 Å². The Morgan fingerprint density at radius 3 is 2.75 bits per heavy atom. The Hall–Kier alpha value is -1.30. The van der Waals surface area contributed by atoms with E-state index in [-0.39, 0.29) is 5.95 Å². The number of fused-ring (bicyclic) bond motifs is 1. The SMILES string of the molecule is CC(C)C(C)Sc1nc(N)nc2[nH]ncc12. The zero-order chi connectivity index (χ0) is 11.7. The summed E-state index contributed by atoms with van der Waals surface area (Å²) < 4.78 is 0. The van der Waals surface area contributed by atoms with Crippen LogP contribution in [0.15, 0.2) is 11.2 Å². The minimum absolute atomic E-state index is 0.287. The van der Waals surface area contributed by atoms with Gasteiger partial charge in [0.25, 0.3) is 0 Å². The highest BCUT2D eigenvalue weighted by molar-refractivity contribution is 8.00. The smallest absolute Gasteiger partial charge is 0.223 e. The summed E-state index contributed by atoms with van der Waals surface area (Å²) in [6.45, 7) is 6.56. The molecular formula is C10H15N5S. The maximum absolute atomic E-state index is 5.65. The van der Waals surface area contributed by atoms with Crippen molar-refractivity contribution in [1.29, 1.82) is 0 Å². The van der Waals surface area contributed by atoms with Crippen molar-refractivity contribution in [3.05, 3.63) is 6.20 Å². The second-order valence-corrected chi connectivity index (χ2v) is 5.45. The number of aromatic nitrogens is 4. The lowest BCUT2D eigenvalue weighted by Crippen LogP contribution is -2.06. The summed E-state index contributed by atoms with van der Waals surface area (Å²) in [7, 11) is 0. The van der Waals surface area contributed by atoms with E-state index in [1.54, 1.807) is 18.0 Å². The van der Waals surface area contributed by atoms with Crippen molar-refractivity contribution in [2.45, 2.75) is 31.0 Å². The van der Waals surface area contributed by atoms with Gasteiger partial charge in [0, 0.05) is 5.25 Å². The number of hydrogen-bond donors (Lipinski definition) is 2. The third-order valence-corrected chi connectivity index (χ3v) is 3.98. The van der Waals surface area contributed by atoms with Gasteiger partial charge >= 0.3 is 0 Å². The van der Waals surface area contributed by atoms with Crippen molar-refractivity contribution in [2.24, 2.45) is 5.92 Å². The van der Waals surface area contributed by atoms with Crippen molar-refractivity contribution in [2.75, 3.05) is 5.73 Å². The Kier molecular flexibility index (Phi) is 3.00. The maximum Gasteiger partial charge on any atom is 0.223 e. The van der Waals surface area contributed by atoms with Gasteiger partial charge in [-0.3, -0.25) is 5.10 Å². The fraction of sp³-hybridized carbons (Fsp3) is 0.500. The number of nitrogens with zero attached hydrogens (tertiary/aromatic N) is 3. The van der Waals surface area contributed by atoms with Crippen LogP contribution in [-0.4, -0.2) is 25.4 Å². The Morgan fingerprint density at radius 1 is 1.31 bits per heavy atom. The summed E-state index contributed by atoms with van der Waals surface area (Å²) in [6, 6.07) is 0. The molecule has 0 aromatic carbocycles. The molecule has 16 heavy (non-hydrogen) atoms. The lowest BCUT2D eigenvalue weighted by molar-refractivity contribution is 0.642. The molecule has 0 fully saturated rings. The summed E-state index contributed by atoms with van der Waals surface area (Å²) in [5.41, 5.74) is 6.35. The molecule has 6 heteroatoms. The van der Waals surface area contributed by atoms with Crippen LogP contribution in [0.2, 0.25) is 0 Å². The van der Waals surface area contributed by atoms with E-state index in [0.29, 0.717) is 16.8 Å². The van der Waals surface area contributed by atoms with Crippen molar-refractivity contribution in [3.8, 4) is 0 Å². The van der Waals surface area contributed by atoms with E-state index in [2.05, 4.69) is 40.9 Å². The standard InChI is InChI=1S/C10H15N5S/c1-5(2)6(3)16-9-7-4-12-15-8(7)13-10(11)14-9/h4-6H,1-3H3,(H3,11,12,13,14,15). The summed E-state index contributed by atoms with van der Waals surface area (Å²) in [5, 5.41) is 9.08. The molecular weight excluding hydrogens is 222 g/mol. The summed E-state index contributed by atoms with van der Waals surface area (Å²) in [6.07, 6.45) is 1.74. The quantitative estimate of drug-likeness (QED) is 0.631. The Balaban J connectivity index is 2.39. The minimum Gasteiger partial charge on any atom is -0.368 e. The summed E-state index contributed by atoms with van der Waals surface area (Å²) in [4.78, 5) is 8.35. The number of anilines is 1. The van der Waals surface area contributed by atoms with Gasteiger partial charge in [0.15, 0.2) is 5.65 Å². The Labute approximate surface area is 98.2 Å². The first-order valence-electron chi connectivity index (χ1n) is 5.21. The molecule has 2 rings (SSSR count). The van der Waals surface area contributed by atoms with Crippen LogP contribution in [0.25, 0.3) is 11.0 Å². The molecule has 0 saturated heterocycles. The molecule has 0 aliphatic heterocycles. The Morgan fingerprint density at radius 2 is 2.06 bits per heavy atom. The average molecular weight is 237 g/mol. The molecule has 86 valence electrons. The number of nitrogens with two attached hydrogens (primary N) is 1. The minimum atomic E-state index is 0.287. The first-order chi connectivity index (χ1) is 7.58. The van der Waals surface area contributed by atoms with Gasteiger partial charge in [-0.1, -0.05) is 20.8 Å². The van der Waals surface area contributed by atoms with Crippen LogP contribution in [0.3, 0.4) is 0 Å². The van der Waals surface area contributed by atoms with Crippen molar-refractivity contribution in [3.63, 3.8) is 0 Å². The topological polar surface area (TPSA) is 80.5 Å². The van der Waals surface area contributed by atoms with Crippen LogP contribution in [0.1, 0.15) is 20.8 Å². The first kappa shape index (κ1) is 11.2. The molecule has 1 unspecified atom stereocenters. The summed E-state index contributed by atoms with van der Waals surface area (Å²) in [5.74, 6) is 0.873. The number of thioether (sulfide) groups is 1. The zero-order valence-corrected chi connectivity index (χ0v) is 10.4. The van der Waals surface area contributed by atoms with Crippen LogP contribution in [0.4, 0.5) is 5.95 Å². The van der Waals surface area contributed by atoms with Gasteiger partial charge in [-0.2, -0.15) is 10.1 Å². The maximum atomic E-state index is 5.65. The number of hydrogen-bond acceptors (Lipinski definition) is 5. The molecule has 0 aliphatic carbocycles. The Bertz CT molecular complexity index is 493. The monoisotopic (exact) mass is 237 g/mol. The van der Waals surface area contributed by atoms with Gasteiger partial charge in [0.1, 0.15) is 5.03 Å². The molecule has 5 nitrogen and oxygen atoms in total. The van der Waals surface area contributed by atoms with E-state index >= 15 is 0 Å².